The van der Waals surface area contributed by atoms with E-state index in [-0.39, 0.29) is 0 Å². The van der Waals surface area contributed by atoms with Crippen LogP contribution in [0.1, 0.15) is 5.56 Å². The van der Waals surface area contributed by atoms with Crippen LogP contribution in [-0.4, -0.2) is 32.6 Å². The minimum Gasteiger partial charge on any atom is -0.368 e. The summed E-state index contributed by atoms with van der Waals surface area (Å²) in [4.78, 5) is 15.2. The van der Waals surface area contributed by atoms with Crippen molar-refractivity contribution < 1.29 is 4.79 Å². The van der Waals surface area contributed by atoms with E-state index in [1.165, 1.54) is 11.4 Å². The van der Waals surface area contributed by atoms with Crippen molar-refractivity contribution in [2.45, 2.75) is 6.54 Å². The number of nitrogens with one attached hydrogen (secondary N) is 1. The first-order valence-corrected chi connectivity index (χ1v) is 7.68. The van der Waals surface area contributed by atoms with Crippen LogP contribution in [0.15, 0.2) is 54.6 Å². The maximum Gasteiger partial charge on any atom is 0.207 e. The van der Waals surface area contributed by atoms with Crippen molar-refractivity contribution in [3.05, 3.63) is 60.2 Å². The molecule has 0 atom stereocenters. The molecule has 0 aromatic heterocycles. The lowest BCUT2D eigenvalue weighted by molar-refractivity contribution is -0.109. The number of rotatable bonds is 5. The van der Waals surface area contributed by atoms with Gasteiger partial charge in [0.15, 0.2) is 0 Å². The van der Waals surface area contributed by atoms with Gasteiger partial charge < -0.3 is 15.1 Å². The number of nitrogens with zero attached hydrogens (tertiary/aromatic N) is 2. The standard InChI is InChI=1S/C18H21N3O/c22-15-19-14-16-6-8-18(9-7-16)21-12-10-20(11-13-21)17-4-2-1-3-5-17/h1-9,15H,10-14H2,(H,19,22). The molecule has 0 saturated carbocycles. The molecule has 0 aliphatic carbocycles. The molecule has 0 radical (unpaired) electrons. The van der Waals surface area contributed by atoms with Crippen molar-refractivity contribution in [2.24, 2.45) is 0 Å². The number of benzene rings is 2. The Bertz CT molecular complexity index is 589. The molecule has 114 valence electrons. The monoisotopic (exact) mass is 295 g/mol. The zero-order chi connectivity index (χ0) is 15.2. The molecular formula is C18H21N3O. The number of para-hydroxylation sites is 1. The minimum atomic E-state index is 0.589. The van der Waals surface area contributed by atoms with E-state index < -0.39 is 0 Å². The second kappa shape index (κ2) is 6.98. The Hall–Kier alpha value is -2.49. The van der Waals surface area contributed by atoms with Crippen molar-refractivity contribution in [1.29, 1.82) is 0 Å². The van der Waals surface area contributed by atoms with Crippen LogP contribution in [-0.2, 0) is 11.3 Å². The molecule has 1 N–H and O–H groups in total. The van der Waals surface area contributed by atoms with Gasteiger partial charge in [0.1, 0.15) is 0 Å². The highest BCUT2D eigenvalue weighted by Gasteiger charge is 2.17. The molecule has 1 heterocycles. The normalized spacial score (nSPS) is 14.7. The van der Waals surface area contributed by atoms with Crippen LogP contribution in [0.25, 0.3) is 0 Å². The van der Waals surface area contributed by atoms with Gasteiger partial charge in [-0.2, -0.15) is 0 Å². The molecule has 2 aromatic carbocycles. The molecule has 0 spiro atoms. The van der Waals surface area contributed by atoms with Crippen LogP contribution < -0.4 is 15.1 Å². The predicted octanol–water partition coefficient (Wildman–Crippen LogP) is 2.26. The maximum absolute atomic E-state index is 10.3. The van der Waals surface area contributed by atoms with Crippen LogP contribution in [0.3, 0.4) is 0 Å². The quantitative estimate of drug-likeness (QED) is 0.860. The van der Waals surface area contributed by atoms with Crippen LogP contribution in [0.4, 0.5) is 11.4 Å². The molecule has 1 saturated heterocycles. The summed E-state index contributed by atoms with van der Waals surface area (Å²) >= 11 is 0. The molecule has 1 aliphatic heterocycles. The van der Waals surface area contributed by atoms with Crippen LogP contribution >= 0.6 is 0 Å². The van der Waals surface area contributed by atoms with E-state index in [1.54, 1.807) is 0 Å². The lowest BCUT2D eigenvalue weighted by Crippen LogP contribution is -2.46. The van der Waals surface area contributed by atoms with Gasteiger partial charge in [-0.05, 0) is 29.8 Å². The summed E-state index contributed by atoms with van der Waals surface area (Å²) in [5.74, 6) is 0. The van der Waals surface area contributed by atoms with Gasteiger partial charge >= 0.3 is 0 Å². The third-order valence-electron chi connectivity index (χ3n) is 4.09. The topological polar surface area (TPSA) is 35.6 Å². The molecule has 1 fully saturated rings. The second-order valence-electron chi connectivity index (χ2n) is 5.47. The fourth-order valence-corrected chi connectivity index (χ4v) is 2.85. The molecular weight excluding hydrogens is 274 g/mol. The summed E-state index contributed by atoms with van der Waals surface area (Å²) in [6, 6.07) is 19.0. The van der Waals surface area contributed by atoms with Crippen LogP contribution in [0.5, 0.6) is 0 Å². The van der Waals surface area contributed by atoms with E-state index in [0.717, 1.165) is 38.2 Å². The van der Waals surface area contributed by atoms with Crippen LogP contribution in [0, 0.1) is 0 Å². The fraction of sp³-hybridized carbons (Fsp3) is 0.278. The number of hydrogen-bond donors (Lipinski definition) is 1. The zero-order valence-corrected chi connectivity index (χ0v) is 12.6. The molecule has 2 aromatic rings. The van der Waals surface area contributed by atoms with Gasteiger partial charge in [0.05, 0.1) is 0 Å². The summed E-state index contributed by atoms with van der Waals surface area (Å²) in [7, 11) is 0. The van der Waals surface area contributed by atoms with Gasteiger partial charge in [-0.25, -0.2) is 0 Å². The third-order valence-corrected chi connectivity index (χ3v) is 4.09. The number of piperazine rings is 1. The number of hydrogen-bond acceptors (Lipinski definition) is 3. The first-order valence-electron chi connectivity index (χ1n) is 7.68. The van der Waals surface area contributed by atoms with Crippen molar-refractivity contribution in [1.82, 2.24) is 5.32 Å². The Morgan fingerprint density at radius 3 is 1.91 bits per heavy atom. The molecule has 0 unspecified atom stereocenters. The maximum atomic E-state index is 10.3. The molecule has 1 aliphatic rings. The van der Waals surface area contributed by atoms with Gasteiger partial charge in [0, 0.05) is 44.1 Å². The SMILES string of the molecule is O=CNCc1ccc(N2CCN(c3ccccc3)CC2)cc1. The molecule has 0 bridgehead atoms. The second-order valence-corrected chi connectivity index (χ2v) is 5.47. The average Bonchev–Trinajstić information content (AvgIpc) is 2.61. The first-order chi connectivity index (χ1) is 10.9. The molecule has 4 heteroatoms. The smallest absolute Gasteiger partial charge is 0.207 e. The molecule has 22 heavy (non-hydrogen) atoms. The molecule has 1 amide bonds. The van der Waals surface area contributed by atoms with Gasteiger partial charge in [-0.3, -0.25) is 4.79 Å². The average molecular weight is 295 g/mol. The van der Waals surface area contributed by atoms with E-state index in [2.05, 4.69) is 69.7 Å². The number of anilines is 2. The van der Waals surface area contributed by atoms with E-state index in [0.29, 0.717) is 6.54 Å². The van der Waals surface area contributed by atoms with Crippen LogP contribution in [0.2, 0.25) is 0 Å². The Kier molecular flexibility index (Phi) is 4.59. The summed E-state index contributed by atoms with van der Waals surface area (Å²) in [6.45, 7) is 4.73. The third kappa shape index (κ3) is 3.39. The highest BCUT2D eigenvalue weighted by molar-refractivity contribution is 5.52. The Labute approximate surface area is 131 Å². The van der Waals surface area contributed by atoms with Crippen molar-refractivity contribution >= 4 is 17.8 Å². The Morgan fingerprint density at radius 2 is 1.36 bits per heavy atom. The largest absolute Gasteiger partial charge is 0.368 e. The van der Waals surface area contributed by atoms with E-state index >= 15 is 0 Å². The highest BCUT2D eigenvalue weighted by Crippen LogP contribution is 2.20. The van der Waals surface area contributed by atoms with Gasteiger partial charge in [0.25, 0.3) is 0 Å². The number of carbonyl (C=O) groups is 1. The van der Waals surface area contributed by atoms with Crippen molar-refractivity contribution in [2.75, 3.05) is 36.0 Å². The fourth-order valence-electron chi connectivity index (χ4n) is 2.85. The summed E-state index contributed by atoms with van der Waals surface area (Å²) in [5, 5.41) is 2.69. The molecule has 4 nitrogen and oxygen atoms in total. The van der Waals surface area contributed by atoms with Crippen molar-refractivity contribution in [3.63, 3.8) is 0 Å². The van der Waals surface area contributed by atoms with Gasteiger partial charge in [-0.15, -0.1) is 0 Å². The summed E-state index contributed by atoms with van der Waals surface area (Å²) in [6.07, 6.45) is 0.733. The Morgan fingerprint density at radius 1 is 0.818 bits per heavy atom. The lowest BCUT2D eigenvalue weighted by Gasteiger charge is -2.37. The van der Waals surface area contributed by atoms with E-state index in [4.69, 9.17) is 0 Å². The van der Waals surface area contributed by atoms with Gasteiger partial charge in [-0.1, -0.05) is 30.3 Å². The summed E-state index contributed by atoms with van der Waals surface area (Å²) in [5.41, 5.74) is 3.68. The number of amides is 1. The van der Waals surface area contributed by atoms with E-state index in [1.807, 2.05) is 0 Å². The van der Waals surface area contributed by atoms with Crippen molar-refractivity contribution in [3.8, 4) is 0 Å². The molecule has 3 rings (SSSR count). The van der Waals surface area contributed by atoms with Gasteiger partial charge in [0.2, 0.25) is 6.41 Å². The van der Waals surface area contributed by atoms with E-state index in [9.17, 15) is 4.79 Å². The zero-order valence-electron chi connectivity index (χ0n) is 12.6. The summed E-state index contributed by atoms with van der Waals surface area (Å²) < 4.78 is 0. The minimum absolute atomic E-state index is 0.589. The highest BCUT2D eigenvalue weighted by atomic mass is 16.1. The predicted molar refractivity (Wildman–Crippen MR) is 90.2 cm³/mol. The first kappa shape index (κ1) is 14.4. The number of carbonyl (C=O) groups excluding carboxylic acids is 1. The lowest BCUT2D eigenvalue weighted by atomic mass is 10.1. The Balaban J connectivity index is 1.58.